The quantitative estimate of drug-likeness (QED) is 0.888. The predicted molar refractivity (Wildman–Crippen MR) is 70.1 cm³/mol. The molecule has 2 rings (SSSR count). The largest absolute Gasteiger partial charge is 0.477 e. The first-order valence-electron chi connectivity index (χ1n) is 5.83. The van der Waals surface area contributed by atoms with Gasteiger partial charge in [-0.05, 0) is 17.7 Å². The van der Waals surface area contributed by atoms with Crippen molar-refractivity contribution >= 4 is 11.9 Å². The van der Waals surface area contributed by atoms with Gasteiger partial charge in [0.05, 0.1) is 0 Å². The first kappa shape index (κ1) is 14.4. The third-order valence-corrected chi connectivity index (χ3v) is 2.82. The normalized spacial score (nSPS) is 10.3. The minimum absolute atomic E-state index is 0.112. The van der Waals surface area contributed by atoms with E-state index in [0.29, 0.717) is 5.56 Å². The number of aromatic nitrogens is 1. The lowest BCUT2D eigenvalue weighted by Gasteiger charge is -2.09. The van der Waals surface area contributed by atoms with Crippen molar-refractivity contribution in [2.75, 3.05) is 0 Å². The van der Waals surface area contributed by atoms with Crippen LogP contribution in [0.15, 0.2) is 41.5 Å². The number of carboxylic acids is 2. The van der Waals surface area contributed by atoms with Gasteiger partial charge in [0.1, 0.15) is 16.9 Å². The molecule has 0 bridgehead atoms. The van der Waals surface area contributed by atoms with E-state index in [1.54, 1.807) is 0 Å². The first-order valence-corrected chi connectivity index (χ1v) is 5.83. The third-order valence-electron chi connectivity index (χ3n) is 2.82. The average molecular weight is 291 g/mol. The summed E-state index contributed by atoms with van der Waals surface area (Å²) in [6.07, 6.45) is 2.11. The summed E-state index contributed by atoms with van der Waals surface area (Å²) < 4.78 is 14.1. The van der Waals surface area contributed by atoms with Crippen molar-refractivity contribution < 1.29 is 24.2 Å². The molecule has 108 valence electrons. The third kappa shape index (κ3) is 3.14. The number of halogens is 1. The van der Waals surface area contributed by atoms with E-state index in [2.05, 4.69) is 0 Å². The molecular formula is C14H10FNO5. The van der Waals surface area contributed by atoms with Crippen LogP contribution < -0.4 is 5.43 Å². The van der Waals surface area contributed by atoms with Gasteiger partial charge in [-0.2, -0.15) is 0 Å². The number of hydrogen-bond acceptors (Lipinski definition) is 3. The van der Waals surface area contributed by atoms with Crippen LogP contribution in [-0.2, 0) is 6.54 Å². The van der Waals surface area contributed by atoms with Gasteiger partial charge in [-0.15, -0.1) is 0 Å². The topological polar surface area (TPSA) is 96.6 Å². The number of aromatic carboxylic acids is 2. The fourth-order valence-corrected chi connectivity index (χ4v) is 1.83. The van der Waals surface area contributed by atoms with Crippen molar-refractivity contribution in [2.24, 2.45) is 0 Å². The molecule has 0 aliphatic carbocycles. The monoisotopic (exact) mass is 291 g/mol. The summed E-state index contributed by atoms with van der Waals surface area (Å²) in [6.45, 7) is 0.112. The van der Waals surface area contributed by atoms with Crippen LogP contribution in [0.4, 0.5) is 4.39 Å². The summed E-state index contributed by atoms with van der Waals surface area (Å²) >= 11 is 0. The highest BCUT2D eigenvalue weighted by Gasteiger charge is 2.18. The molecule has 0 unspecified atom stereocenters. The minimum Gasteiger partial charge on any atom is -0.477 e. The Morgan fingerprint density at radius 2 is 1.48 bits per heavy atom. The van der Waals surface area contributed by atoms with Crippen LogP contribution >= 0.6 is 0 Å². The van der Waals surface area contributed by atoms with E-state index in [1.165, 1.54) is 28.8 Å². The van der Waals surface area contributed by atoms with Gasteiger partial charge in [-0.3, -0.25) is 4.79 Å². The van der Waals surface area contributed by atoms with Crippen LogP contribution in [0.5, 0.6) is 0 Å². The number of pyridine rings is 1. The molecule has 0 spiro atoms. The second-order valence-corrected chi connectivity index (χ2v) is 4.32. The average Bonchev–Trinajstić information content (AvgIpc) is 2.42. The Kier molecular flexibility index (Phi) is 3.84. The van der Waals surface area contributed by atoms with E-state index in [0.717, 1.165) is 12.4 Å². The van der Waals surface area contributed by atoms with Crippen LogP contribution in [0.3, 0.4) is 0 Å². The van der Waals surface area contributed by atoms with E-state index in [-0.39, 0.29) is 6.54 Å². The highest BCUT2D eigenvalue weighted by Crippen LogP contribution is 2.07. The SMILES string of the molecule is O=C(O)c1cn(Cc2ccc(F)cc2)cc(C(=O)O)c1=O. The summed E-state index contributed by atoms with van der Waals surface area (Å²) in [5.41, 5.74) is -1.67. The lowest BCUT2D eigenvalue weighted by Crippen LogP contribution is -2.24. The van der Waals surface area contributed by atoms with E-state index >= 15 is 0 Å². The number of carbonyl (C=O) groups is 2. The number of nitrogens with zero attached hydrogens (tertiary/aromatic N) is 1. The molecule has 1 aromatic carbocycles. The van der Waals surface area contributed by atoms with Crippen molar-refractivity contribution in [3.05, 3.63) is 69.4 Å². The molecule has 2 N–H and O–H groups in total. The van der Waals surface area contributed by atoms with Gasteiger partial charge in [-0.25, -0.2) is 14.0 Å². The molecular weight excluding hydrogens is 281 g/mol. The van der Waals surface area contributed by atoms with Gasteiger partial charge >= 0.3 is 11.9 Å². The Morgan fingerprint density at radius 3 is 1.90 bits per heavy atom. The predicted octanol–water partition coefficient (Wildman–Crippen LogP) is 1.43. The van der Waals surface area contributed by atoms with Gasteiger partial charge in [0.25, 0.3) is 0 Å². The van der Waals surface area contributed by atoms with E-state index in [9.17, 15) is 18.8 Å². The molecule has 1 aromatic heterocycles. The maximum absolute atomic E-state index is 12.8. The molecule has 0 saturated heterocycles. The fourth-order valence-electron chi connectivity index (χ4n) is 1.83. The van der Waals surface area contributed by atoms with Crippen molar-refractivity contribution in [3.8, 4) is 0 Å². The Labute approximate surface area is 117 Å². The summed E-state index contributed by atoms with van der Waals surface area (Å²) in [5.74, 6) is -3.43. The van der Waals surface area contributed by atoms with Gasteiger partial charge in [-0.1, -0.05) is 12.1 Å². The van der Waals surface area contributed by atoms with E-state index in [4.69, 9.17) is 10.2 Å². The molecule has 2 aromatic rings. The van der Waals surface area contributed by atoms with Crippen LogP contribution in [0, 0.1) is 5.82 Å². The van der Waals surface area contributed by atoms with Crippen LogP contribution in [0.1, 0.15) is 26.3 Å². The zero-order valence-corrected chi connectivity index (χ0v) is 10.6. The summed E-state index contributed by atoms with van der Waals surface area (Å²) in [4.78, 5) is 33.7. The smallest absolute Gasteiger partial charge is 0.341 e. The van der Waals surface area contributed by atoms with Crippen LogP contribution in [0.2, 0.25) is 0 Å². The fraction of sp³-hybridized carbons (Fsp3) is 0.0714. The molecule has 0 fully saturated rings. The summed E-state index contributed by atoms with van der Waals surface area (Å²) in [6, 6.07) is 5.42. The maximum Gasteiger partial charge on any atom is 0.341 e. The number of hydrogen-bond donors (Lipinski definition) is 2. The van der Waals surface area contributed by atoms with Gasteiger partial charge in [0.15, 0.2) is 0 Å². The number of benzene rings is 1. The Balaban J connectivity index is 2.48. The Bertz CT molecular complexity index is 726. The van der Waals surface area contributed by atoms with E-state index < -0.39 is 34.3 Å². The number of rotatable bonds is 4. The maximum atomic E-state index is 12.8. The molecule has 0 radical (unpaired) electrons. The molecule has 6 nitrogen and oxygen atoms in total. The summed E-state index contributed by atoms with van der Waals surface area (Å²) in [7, 11) is 0. The molecule has 7 heteroatoms. The highest BCUT2D eigenvalue weighted by molar-refractivity contribution is 5.92. The van der Waals surface area contributed by atoms with Crippen LogP contribution in [-0.4, -0.2) is 26.7 Å². The van der Waals surface area contributed by atoms with Crippen LogP contribution in [0.25, 0.3) is 0 Å². The molecule has 0 aliphatic rings. The molecule has 0 atom stereocenters. The molecule has 0 saturated carbocycles. The second kappa shape index (κ2) is 5.58. The molecule has 0 aliphatic heterocycles. The Morgan fingerprint density at radius 1 is 1.00 bits per heavy atom. The minimum atomic E-state index is -1.50. The van der Waals surface area contributed by atoms with Crippen molar-refractivity contribution in [1.29, 1.82) is 0 Å². The van der Waals surface area contributed by atoms with Crippen molar-refractivity contribution in [3.63, 3.8) is 0 Å². The van der Waals surface area contributed by atoms with Gasteiger partial charge in [0.2, 0.25) is 5.43 Å². The van der Waals surface area contributed by atoms with E-state index in [1.807, 2.05) is 0 Å². The standard InChI is InChI=1S/C14H10FNO5/c15-9-3-1-8(2-4-9)5-16-6-10(13(18)19)12(17)11(7-16)14(20)21/h1-4,6-7H,5H2,(H,18,19)(H,20,21). The highest BCUT2D eigenvalue weighted by atomic mass is 19.1. The molecule has 1 heterocycles. The lowest BCUT2D eigenvalue weighted by atomic mass is 10.1. The lowest BCUT2D eigenvalue weighted by molar-refractivity contribution is 0.0693. The Hall–Kier alpha value is -2.96. The molecule has 0 amide bonds. The zero-order valence-electron chi connectivity index (χ0n) is 10.6. The van der Waals surface area contributed by atoms with Gasteiger partial charge < -0.3 is 14.8 Å². The number of carboxylic acid groups (broad SMARTS) is 2. The van der Waals surface area contributed by atoms with Crippen molar-refractivity contribution in [1.82, 2.24) is 4.57 Å². The van der Waals surface area contributed by atoms with Crippen molar-refractivity contribution in [2.45, 2.75) is 6.54 Å². The first-order chi connectivity index (χ1) is 9.88. The molecule has 21 heavy (non-hydrogen) atoms. The summed E-state index contributed by atoms with van der Waals surface area (Å²) in [5, 5.41) is 17.9. The zero-order chi connectivity index (χ0) is 15.6. The second-order valence-electron chi connectivity index (χ2n) is 4.32. The van der Waals surface area contributed by atoms with Gasteiger partial charge in [0, 0.05) is 18.9 Å².